The van der Waals surface area contributed by atoms with E-state index in [-0.39, 0.29) is 11.8 Å². The summed E-state index contributed by atoms with van der Waals surface area (Å²) in [4.78, 5) is 31.1. The van der Waals surface area contributed by atoms with Crippen LogP contribution in [0, 0.1) is 5.41 Å². The van der Waals surface area contributed by atoms with Gasteiger partial charge in [-0.15, -0.1) is 0 Å². The molecular formula is C22H27N3O2. The molecule has 2 aromatic rings. The number of nitrogens with zero attached hydrogens (tertiary/aromatic N) is 2. The highest BCUT2D eigenvalue weighted by molar-refractivity contribution is 6.07. The number of aryl methyl sites for hydroxylation is 1. The van der Waals surface area contributed by atoms with Crippen LogP contribution < -0.4 is 5.32 Å². The first-order valence-electron chi connectivity index (χ1n) is 9.58. The van der Waals surface area contributed by atoms with Crippen LogP contribution in [0.4, 0.5) is 0 Å². The van der Waals surface area contributed by atoms with Gasteiger partial charge in [-0.3, -0.25) is 14.6 Å². The summed E-state index contributed by atoms with van der Waals surface area (Å²) in [6.45, 7) is 1.20. The summed E-state index contributed by atoms with van der Waals surface area (Å²) in [6.07, 6.45) is 7.36. The Kier molecular flexibility index (Phi) is 6.22. The summed E-state index contributed by atoms with van der Waals surface area (Å²) in [5.74, 6) is -0.173. The monoisotopic (exact) mass is 365 g/mol. The van der Waals surface area contributed by atoms with E-state index in [0.29, 0.717) is 25.9 Å². The molecule has 1 aromatic heterocycles. The fourth-order valence-electron chi connectivity index (χ4n) is 3.28. The molecule has 3 rings (SSSR count). The lowest BCUT2D eigenvalue weighted by Gasteiger charge is -2.23. The van der Waals surface area contributed by atoms with Crippen molar-refractivity contribution in [2.45, 2.75) is 32.1 Å². The summed E-state index contributed by atoms with van der Waals surface area (Å²) in [7, 11) is 1.78. The molecule has 1 fully saturated rings. The van der Waals surface area contributed by atoms with Gasteiger partial charge in [0.1, 0.15) is 5.41 Å². The van der Waals surface area contributed by atoms with Gasteiger partial charge in [-0.2, -0.15) is 0 Å². The van der Waals surface area contributed by atoms with Gasteiger partial charge in [0, 0.05) is 32.5 Å². The quantitative estimate of drug-likeness (QED) is 0.549. The van der Waals surface area contributed by atoms with Gasteiger partial charge < -0.3 is 10.2 Å². The highest BCUT2D eigenvalue weighted by Gasteiger charge is 2.57. The van der Waals surface area contributed by atoms with E-state index in [0.717, 1.165) is 24.8 Å². The summed E-state index contributed by atoms with van der Waals surface area (Å²) >= 11 is 0. The maximum Gasteiger partial charge on any atom is 0.238 e. The number of aromatic nitrogens is 1. The number of rotatable bonds is 9. The van der Waals surface area contributed by atoms with Gasteiger partial charge in [-0.1, -0.05) is 30.3 Å². The molecule has 27 heavy (non-hydrogen) atoms. The molecule has 1 saturated carbocycles. The van der Waals surface area contributed by atoms with E-state index in [1.165, 1.54) is 5.56 Å². The Morgan fingerprint density at radius 1 is 1.04 bits per heavy atom. The molecule has 142 valence electrons. The van der Waals surface area contributed by atoms with E-state index in [9.17, 15) is 9.59 Å². The van der Waals surface area contributed by atoms with Crippen LogP contribution in [0.3, 0.4) is 0 Å². The lowest BCUT2D eigenvalue weighted by Crippen LogP contribution is -2.44. The number of benzene rings is 1. The van der Waals surface area contributed by atoms with Gasteiger partial charge in [-0.05, 0) is 55.4 Å². The highest BCUT2D eigenvalue weighted by atomic mass is 16.2. The first-order chi connectivity index (χ1) is 13.1. The van der Waals surface area contributed by atoms with Crippen molar-refractivity contribution in [2.75, 3.05) is 20.1 Å². The van der Waals surface area contributed by atoms with Crippen LogP contribution in [-0.4, -0.2) is 41.8 Å². The number of hydrogen-bond acceptors (Lipinski definition) is 3. The van der Waals surface area contributed by atoms with Crippen molar-refractivity contribution in [3.05, 3.63) is 66.0 Å². The van der Waals surface area contributed by atoms with Gasteiger partial charge >= 0.3 is 0 Å². The van der Waals surface area contributed by atoms with Gasteiger partial charge in [0.2, 0.25) is 11.8 Å². The van der Waals surface area contributed by atoms with Crippen molar-refractivity contribution in [1.82, 2.24) is 15.2 Å². The molecule has 0 radical (unpaired) electrons. The van der Waals surface area contributed by atoms with Crippen molar-refractivity contribution in [3.8, 4) is 0 Å². The first kappa shape index (κ1) is 19.1. The molecule has 1 aromatic carbocycles. The van der Waals surface area contributed by atoms with Gasteiger partial charge in [0.15, 0.2) is 0 Å². The van der Waals surface area contributed by atoms with Crippen LogP contribution in [-0.2, 0) is 22.4 Å². The SMILES string of the molecule is CN(CCc1ccncc1)C(=O)C1(C(=O)NCCCc2ccccc2)CC1. The Labute approximate surface area is 160 Å². The topological polar surface area (TPSA) is 62.3 Å². The first-order valence-corrected chi connectivity index (χ1v) is 9.58. The zero-order valence-corrected chi connectivity index (χ0v) is 15.9. The lowest BCUT2D eigenvalue weighted by molar-refractivity contribution is -0.143. The van der Waals surface area contributed by atoms with Crippen LogP contribution in [0.1, 0.15) is 30.4 Å². The zero-order chi connectivity index (χ0) is 19.1. The maximum absolute atomic E-state index is 12.8. The van der Waals surface area contributed by atoms with E-state index in [2.05, 4.69) is 22.4 Å². The van der Waals surface area contributed by atoms with Crippen molar-refractivity contribution in [2.24, 2.45) is 5.41 Å². The van der Waals surface area contributed by atoms with E-state index in [4.69, 9.17) is 0 Å². The number of carbonyl (C=O) groups is 2. The van der Waals surface area contributed by atoms with E-state index >= 15 is 0 Å². The number of likely N-dealkylation sites (N-methyl/N-ethyl adjacent to an activating group) is 1. The largest absolute Gasteiger partial charge is 0.355 e. The van der Waals surface area contributed by atoms with Crippen molar-refractivity contribution < 1.29 is 9.59 Å². The maximum atomic E-state index is 12.8. The molecule has 1 N–H and O–H groups in total. The smallest absolute Gasteiger partial charge is 0.238 e. The third-order valence-corrected chi connectivity index (χ3v) is 5.20. The number of amides is 2. The minimum Gasteiger partial charge on any atom is -0.355 e. The molecule has 5 nitrogen and oxygen atoms in total. The van der Waals surface area contributed by atoms with Crippen LogP contribution in [0.15, 0.2) is 54.9 Å². The van der Waals surface area contributed by atoms with Crippen LogP contribution >= 0.6 is 0 Å². The predicted molar refractivity (Wildman–Crippen MR) is 105 cm³/mol. The summed E-state index contributed by atoms with van der Waals surface area (Å²) < 4.78 is 0. The molecule has 0 aliphatic heterocycles. The standard InChI is InChI=1S/C22H27N3O2/c1-25(17-11-19-9-15-23-16-10-19)21(27)22(12-13-22)20(26)24-14-5-8-18-6-3-2-4-7-18/h2-4,6-7,9-10,15-16H,5,8,11-14,17H2,1H3,(H,24,26). The number of carbonyl (C=O) groups excluding carboxylic acids is 2. The molecule has 0 unspecified atom stereocenters. The molecule has 2 amide bonds. The molecule has 1 heterocycles. The average Bonchev–Trinajstić information content (AvgIpc) is 3.52. The average molecular weight is 365 g/mol. The normalized spacial score (nSPS) is 14.4. The van der Waals surface area contributed by atoms with Gasteiger partial charge in [0.25, 0.3) is 0 Å². The van der Waals surface area contributed by atoms with Gasteiger partial charge in [0.05, 0.1) is 0 Å². The Hall–Kier alpha value is -2.69. The third kappa shape index (κ3) is 4.94. The summed E-state index contributed by atoms with van der Waals surface area (Å²) in [5, 5.41) is 2.97. The predicted octanol–water partition coefficient (Wildman–Crippen LogP) is 2.61. The fourth-order valence-corrected chi connectivity index (χ4v) is 3.28. The Morgan fingerprint density at radius 3 is 2.37 bits per heavy atom. The highest BCUT2D eigenvalue weighted by Crippen LogP contribution is 2.47. The van der Waals surface area contributed by atoms with E-state index in [1.807, 2.05) is 30.3 Å². The van der Waals surface area contributed by atoms with Crippen LogP contribution in [0.25, 0.3) is 0 Å². The molecular weight excluding hydrogens is 338 g/mol. The second kappa shape index (κ2) is 8.80. The van der Waals surface area contributed by atoms with Crippen molar-refractivity contribution in [1.29, 1.82) is 0 Å². The van der Waals surface area contributed by atoms with Crippen LogP contribution in [0.2, 0.25) is 0 Å². The summed E-state index contributed by atoms with van der Waals surface area (Å²) in [5.41, 5.74) is 1.57. The minimum absolute atomic E-state index is 0.0582. The minimum atomic E-state index is -0.834. The molecule has 1 aliphatic carbocycles. The Morgan fingerprint density at radius 2 is 1.70 bits per heavy atom. The molecule has 0 atom stereocenters. The number of hydrogen-bond donors (Lipinski definition) is 1. The summed E-state index contributed by atoms with van der Waals surface area (Å²) in [6, 6.07) is 14.1. The number of pyridine rings is 1. The van der Waals surface area contributed by atoms with Gasteiger partial charge in [-0.25, -0.2) is 0 Å². The fraction of sp³-hybridized carbons (Fsp3) is 0.409. The second-order valence-electron chi connectivity index (χ2n) is 7.26. The second-order valence-corrected chi connectivity index (χ2v) is 7.26. The Bertz CT molecular complexity index is 758. The molecule has 1 aliphatic rings. The molecule has 0 saturated heterocycles. The van der Waals surface area contributed by atoms with E-state index in [1.54, 1.807) is 24.3 Å². The zero-order valence-electron chi connectivity index (χ0n) is 15.9. The number of nitrogens with one attached hydrogen (secondary N) is 1. The Balaban J connectivity index is 1.43. The molecule has 0 spiro atoms. The molecule has 0 bridgehead atoms. The van der Waals surface area contributed by atoms with Crippen molar-refractivity contribution in [3.63, 3.8) is 0 Å². The molecule has 5 heteroatoms. The lowest BCUT2D eigenvalue weighted by atomic mass is 10.0. The third-order valence-electron chi connectivity index (χ3n) is 5.20. The van der Waals surface area contributed by atoms with E-state index < -0.39 is 5.41 Å². The van der Waals surface area contributed by atoms with Crippen LogP contribution in [0.5, 0.6) is 0 Å². The van der Waals surface area contributed by atoms with Crippen molar-refractivity contribution >= 4 is 11.8 Å².